The second-order valence-electron chi connectivity index (χ2n) is 9.89. The second-order valence-corrected chi connectivity index (χ2v) is 11.4. The molecule has 9 nitrogen and oxygen atoms in total. The van der Waals surface area contributed by atoms with Crippen molar-refractivity contribution in [2.24, 2.45) is 11.8 Å². The molecule has 0 radical (unpaired) electrons. The fraction of sp³-hybridized carbons (Fsp3) is 0.818. The normalized spacial score (nSPS) is 31.2. The van der Waals surface area contributed by atoms with Gasteiger partial charge in [0.1, 0.15) is 5.60 Å². The Morgan fingerprint density at radius 2 is 1.68 bits per heavy atom. The summed E-state index contributed by atoms with van der Waals surface area (Å²) in [6, 6.07) is 0. The van der Waals surface area contributed by atoms with Crippen LogP contribution in [0.15, 0.2) is 12.2 Å². The lowest BCUT2D eigenvalue weighted by atomic mass is 9.52. The second kappa shape index (κ2) is 9.79. The van der Waals surface area contributed by atoms with Gasteiger partial charge in [-0.15, -0.1) is 0 Å². The van der Waals surface area contributed by atoms with Gasteiger partial charge in [-0.05, 0) is 70.6 Å². The molecule has 4 bridgehead atoms. The molecular weight excluding hydrogens is 478 g/mol. The summed E-state index contributed by atoms with van der Waals surface area (Å²) < 4.78 is 80.4. The topological polar surface area (TPSA) is 125 Å². The Hall–Kier alpha value is -1.63. The Labute approximate surface area is 197 Å². The van der Waals surface area contributed by atoms with Crippen LogP contribution in [0.25, 0.3) is 0 Å². The lowest BCUT2D eigenvalue weighted by molar-refractivity contribution is -0.281. The van der Waals surface area contributed by atoms with Crippen LogP contribution in [-0.4, -0.2) is 60.9 Å². The molecule has 12 heteroatoms. The van der Waals surface area contributed by atoms with Crippen LogP contribution < -0.4 is 0 Å². The molecule has 0 aliphatic heterocycles. The molecule has 0 aromatic carbocycles. The lowest BCUT2D eigenvalue weighted by Gasteiger charge is -2.61. The minimum absolute atomic E-state index is 0.0867. The van der Waals surface area contributed by atoms with Crippen LogP contribution in [0.1, 0.15) is 65.2 Å². The first-order chi connectivity index (χ1) is 15.7. The van der Waals surface area contributed by atoms with E-state index >= 15 is 0 Å². The summed E-state index contributed by atoms with van der Waals surface area (Å²) in [6.07, 6.45) is 3.66. The van der Waals surface area contributed by atoms with Crippen molar-refractivity contribution in [1.82, 2.24) is 0 Å². The number of carbonyl (C=O) groups is 2. The number of hydrogen-bond acceptors (Lipinski definition) is 8. The van der Waals surface area contributed by atoms with Gasteiger partial charge < -0.3 is 18.9 Å². The van der Waals surface area contributed by atoms with Crippen LogP contribution in [0.2, 0.25) is 0 Å². The molecule has 4 rings (SSSR count). The summed E-state index contributed by atoms with van der Waals surface area (Å²) in [6.45, 7) is 7.41. The SMILES string of the molecule is C=C(C)C(=O)OCCCCOC(C)OC12CC3CC(CC(OC(=O)C(F)(F)S(=O)(=O)O)(C3)C1)C2. The highest BCUT2D eigenvalue weighted by atomic mass is 32.2. The van der Waals surface area contributed by atoms with Crippen LogP contribution in [0, 0.1) is 11.8 Å². The first-order valence-corrected chi connectivity index (χ1v) is 12.8. The molecule has 4 fully saturated rings. The minimum Gasteiger partial charge on any atom is -0.462 e. The van der Waals surface area contributed by atoms with Crippen LogP contribution in [0.4, 0.5) is 8.78 Å². The Bertz CT molecular complexity index is 903. The van der Waals surface area contributed by atoms with Gasteiger partial charge in [0, 0.05) is 18.6 Å². The molecule has 3 unspecified atom stereocenters. The molecule has 4 aliphatic rings. The standard InChI is InChI=1S/C22H32F2O9S/c1-14(2)18(25)31-7-5-4-6-30-15(3)32-20-9-16-8-17(10-20)12-21(11-16,13-20)33-19(26)22(23,24)34(27,28)29/h15-17H,1,4-13H2,2-3H3,(H,27,28,29). The smallest absolute Gasteiger partial charge is 0.462 e. The zero-order valence-corrected chi connectivity index (χ0v) is 20.2. The molecule has 0 aromatic heterocycles. The van der Waals surface area contributed by atoms with Gasteiger partial charge in [0.05, 0.1) is 12.2 Å². The van der Waals surface area contributed by atoms with Crippen molar-refractivity contribution >= 4 is 22.1 Å². The molecule has 0 saturated heterocycles. The number of unbranched alkanes of at least 4 members (excludes halogenated alkanes) is 1. The first kappa shape index (κ1) is 27.0. The Balaban J connectivity index is 1.54. The van der Waals surface area contributed by atoms with Crippen molar-refractivity contribution in [3.63, 3.8) is 0 Å². The molecule has 194 valence electrons. The summed E-state index contributed by atoms with van der Waals surface area (Å²) >= 11 is 0. The third-order valence-corrected chi connectivity index (χ3v) is 7.53. The van der Waals surface area contributed by atoms with Gasteiger partial charge in [-0.25, -0.2) is 9.59 Å². The highest BCUT2D eigenvalue weighted by Crippen LogP contribution is 2.60. The molecule has 0 spiro atoms. The van der Waals surface area contributed by atoms with Crippen LogP contribution in [0.3, 0.4) is 0 Å². The van der Waals surface area contributed by atoms with E-state index in [9.17, 15) is 26.8 Å². The van der Waals surface area contributed by atoms with Crippen molar-refractivity contribution in [3.8, 4) is 0 Å². The number of carbonyl (C=O) groups excluding carboxylic acids is 2. The monoisotopic (exact) mass is 510 g/mol. The minimum atomic E-state index is -5.94. The fourth-order valence-electron chi connectivity index (χ4n) is 5.84. The molecule has 0 heterocycles. The number of rotatable bonds is 12. The van der Waals surface area contributed by atoms with Crippen molar-refractivity contribution < 1.29 is 50.3 Å². The van der Waals surface area contributed by atoms with E-state index in [0.717, 1.165) is 6.42 Å². The average molecular weight is 511 g/mol. The maximum Gasteiger partial charge on any atom is 0.465 e. The van der Waals surface area contributed by atoms with E-state index in [1.807, 2.05) is 0 Å². The van der Waals surface area contributed by atoms with E-state index in [2.05, 4.69) is 6.58 Å². The zero-order chi connectivity index (χ0) is 25.4. The molecular formula is C22H32F2O9S. The van der Waals surface area contributed by atoms with Crippen molar-refractivity contribution in [2.45, 2.75) is 88.0 Å². The summed E-state index contributed by atoms with van der Waals surface area (Å²) in [5, 5.41) is -5.03. The largest absolute Gasteiger partial charge is 0.465 e. The maximum atomic E-state index is 13.8. The molecule has 4 saturated carbocycles. The summed E-state index contributed by atoms with van der Waals surface area (Å²) in [5.41, 5.74) is -1.66. The number of halogens is 2. The van der Waals surface area contributed by atoms with Crippen LogP contribution in [-0.2, 0) is 38.7 Å². The average Bonchev–Trinajstić information content (AvgIpc) is 2.67. The summed E-state index contributed by atoms with van der Waals surface area (Å²) in [5.74, 6) is -2.53. The predicted octanol–water partition coefficient (Wildman–Crippen LogP) is 3.38. The first-order valence-electron chi connectivity index (χ1n) is 11.4. The van der Waals surface area contributed by atoms with Crippen LogP contribution >= 0.6 is 0 Å². The summed E-state index contributed by atoms with van der Waals surface area (Å²) in [4.78, 5) is 23.4. The van der Waals surface area contributed by atoms with Crippen molar-refractivity contribution in [3.05, 3.63) is 12.2 Å². The lowest BCUT2D eigenvalue weighted by Crippen LogP contribution is -2.63. The third-order valence-electron chi connectivity index (χ3n) is 6.71. The zero-order valence-electron chi connectivity index (χ0n) is 19.4. The van der Waals surface area contributed by atoms with Gasteiger partial charge in [0.2, 0.25) is 0 Å². The van der Waals surface area contributed by atoms with Gasteiger partial charge in [-0.1, -0.05) is 6.58 Å². The number of alkyl halides is 2. The van der Waals surface area contributed by atoms with E-state index < -0.39 is 44.8 Å². The highest BCUT2D eigenvalue weighted by molar-refractivity contribution is 7.87. The van der Waals surface area contributed by atoms with E-state index in [-0.39, 0.29) is 24.9 Å². The van der Waals surface area contributed by atoms with Crippen LogP contribution in [0.5, 0.6) is 0 Å². The molecule has 0 amide bonds. The van der Waals surface area contributed by atoms with E-state index in [1.54, 1.807) is 13.8 Å². The van der Waals surface area contributed by atoms with Gasteiger partial charge in [0.15, 0.2) is 6.29 Å². The molecule has 3 atom stereocenters. The quantitative estimate of drug-likeness (QED) is 0.138. The Kier molecular flexibility index (Phi) is 7.76. The van der Waals surface area contributed by atoms with Crippen molar-refractivity contribution in [1.29, 1.82) is 0 Å². The highest BCUT2D eigenvalue weighted by Gasteiger charge is 2.63. The number of esters is 2. The molecule has 4 aliphatic carbocycles. The van der Waals surface area contributed by atoms with Gasteiger partial charge in [0.25, 0.3) is 0 Å². The van der Waals surface area contributed by atoms with E-state index in [1.165, 1.54) is 0 Å². The Morgan fingerprint density at radius 1 is 1.12 bits per heavy atom. The maximum absolute atomic E-state index is 13.8. The fourth-order valence-corrected chi connectivity index (χ4v) is 6.09. The van der Waals surface area contributed by atoms with E-state index in [0.29, 0.717) is 50.7 Å². The van der Waals surface area contributed by atoms with Gasteiger partial charge in [-0.2, -0.15) is 17.2 Å². The predicted molar refractivity (Wildman–Crippen MR) is 114 cm³/mol. The van der Waals surface area contributed by atoms with Gasteiger partial charge >= 0.3 is 27.3 Å². The van der Waals surface area contributed by atoms with E-state index in [4.69, 9.17) is 23.5 Å². The van der Waals surface area contributed by atoms with Crippen molar-refractivity contribution in [2.75, 3.05) is 13.2 Å². The molecule has 0 aromatic rings. The third kappa shape index (κ3) is 5.95. The molecule has 34 heavy (non-hydrogen) atoms. The molecule has 1 N–H and O–H groups in total. The summed E-state index contributed by atoms with van der Waals surface area (Å²) in [7, 11) is -5.94. The Morgan fingerprint density at radius 3 is 2.24 bits per heavy atom. The number of ether oxygens (including phenoxy) is 4. The number of hydrogen-bond donors (Lipinski definition) is 1. The van der Waals surface area contributed by atoms with Gasteiger partial charge in [-0.3, -0.25) is 4.55 Å².